The van der Waals surface area contributed by atoms with Crippen LogP contribution < -0.4 is 4.72 Å². The van der Waals surface area contributed by atoms with Gasteiger partial charge in [-0.15, -0.1) is 11.3 Å². The minimum Gasteiger partial charge on any atom is -0.394 e. The topological polar surface area (TPSA) is 110 Å². The average Bonchev–Trinajstić information content (AvgIpc) is 2.71. The van der Waals surface area contributed by atoms with E-state index in [0.29, 0.717) is 17.8 Å². The lowest BCUT2D eigenvalue weighted by atomic mass is 10.0. The van der Waals surface area contributed by atoms with Crippen LogP contribution in [0.3, 0.4) is 0 Å². The second-order valence-electron chi connectivity index (χ2n) is 4.16. The molecule has 0 fully saturated rings. The molecule has 1 aromatic rings. The Labute approximate surface area is 119 Å². The molecule has 0 aromatic carbocycles. The quantitative estimate of drug-likeness (QED) is 0.610. The first-order valence-electron chi connectivity index (χ1n) is 5.24. The summed E-state index contributed by atoms with van der Waals surface area (Å²) in [4.78, 5) is 9.89. The largest absolute Gasteiger partial charge is 0.394 e. The van der Waals surface area contributed by atoms with Crippen LogP contribution in [0.15, 0.2) is 10.3 Å². The van der Waals surface area contributed by atoms with E-state index in [1.54, 1.807) is 6.92 Å². The van der Waals surface area contributed by atoms with Crippen LogP contribution in [0.5, 0.6) is 0 Å². The predicted octanol–water partition coefficient (Wildman–Crippen LogP) is 1.75. The van der Waals surface area contributed by atoms with E-state index in [2.05, 4.69) is 4.72 Å². The normalized spacial score (nSPS) is 15.2. The molecule has 0 saturated heterocycles. The first kappa shape index (κ1) is 16.3. The van der Waals surface area contributed by atoms with Gasteiger partial charge in [-0.3, -0.25) is 10.1 Å². The number of thiophene rings is 1. The van der Waals surface area contributed by atoms with Crippen LogP contribution in [0.1, 0.15) is 20.3 Å². The summed E-state index contributed by atoms with van der Waals surface area (Å²) >= 11 is 6.22. The van der Waals surface area contributed by atoms with Crippen LogP contribution in [0.4, 0.5) is 5.69 Å². The second kappa shape index (κ2) is 5.71. The van der Waals surface area contributed by atoms with Crippen molar-refractivity contribution >= 4 is 38.6 Å². The molecule has 0 spiro atoms. The zero-order valence-corrected chi connectivity index (χ0v) is 12.6. The molecule has 1 aromatic heterocycles. The van der Waals surface area contributed by atoms with E-state index in [4.69, 9.17) is 11.6 Å². The highest BCUT2D eigenvalue weighted by Gasteiger charge is 2.31. The first-order chi connectivity index (χ1) is 8.65. The molecule has 0 aliphatic carbocycles. The Balaban J connectivity index is 3.15. The third-order valence-corrected chi connectivity index (χ3v) is 6.07. The number of rotatable bonds is 6. The Morgan fingerprint density at radius 3 is 2.58 bits per heavy atom. The summed E-state index contributed by atoms with van der Waals surface area (Å²) in [5, 5.41) is 19.8. The molecule has 1 unspecified atom stereocenters. The third kappa shape index (κ3) is 3.63. The smallest absolute Gasteiger partial charge is 0.300 e. The van der Waals surface area contributed by atoms with E-state index in [0.717, 1.165) is 6.07 Å². The maximum atomic E-state index is 12.1. The predicted molar refractivity (Wildman–Crippen MR) is 72.1 cm³/mol. The van der Waals surface area contributed by atoms with Gasteiger partial charge in [0.15, 0.2) is 4.34 Å². The van der Waals surface area contributed by atoms with Gasteiger partial charge in [0.05, 0.1) is 17.1 Å². The number of hydrogen-bond acceptors (Lipinski definition) is 6. The molecule has 0 aliphatic heterocycles. The van der Waals surface area contributed by atoms with Crippen molar-refractivity contribution in [1.82, 2.24) is 4.72 Å². The van der Waals surface area contributed by atoms with E-state index in [-0.39, 0.29) is 15.2 Å². The van der Waals surface area contributed by atoms with Crippen molar-refractivity contribution in [2.45, 2.75) is 30.0 Å². The SMILES string of the molecule is CCC(C)(CO)NS(=O)(=O)c1cc([N+](=O)[O-])c(Cl)s1. The Bertz CT molecular complexity index is 579. The van der Waals surface area contributed by atoms with Gasteiger partial charge in [0.2, 0.25) is 0 Å². The fourth-order valence-electron chi connectivity index (χ4n) is 1.19. The molecular weight excluding hydrogens is 316 g/mol. The lowest BCUT2D eigenvalue weighted by Gasteiger charge is -2.26. The molecule has 0 bridgehead atoms. The van der Waals surface area contributed by atoms with E-state index in [1.165, 1.54) is 6.92 Å². The van der Waals surface area contributed by atoms with Crippen molar-refractivity contribution in [3.05, 3.63) is 20.5 Å². The molecule has 0 radical (unpaired) electrons. The number of sulfonamides is 1. The van der Waals surface area contributed by atoms with Crippen LogP contribution >= 0.6 is 22.9 Å². The summed E-state index contributed by atoms with van der Waals surface area (Å²) in [5.74, 6) is 0. The number of hydrogen-bond donors (Lipinski definition) is 2. The number of nitro groups is 1. The van der Waals surface area contributed by atoms with E-state index < -0.39 is 26.2 Å². The highest BCUT2D eigenvalue weighted by molar-refractivity contribution is 7.91. The Morgan fingerprint density at radius 1 is 1.63 bits per heavy atom. The summed E-state index contributed by atoms with van der Waals surface area (Å²) in [7, 11) is -3.96. The van der Waals surface area contributed by atoms with E-state index in [9.17, 15) is 23.6 Å². The maximum absolute atomic E-state index is 12.1. The monoisotopic (exact) mass is 328 g/mol. The lowest BCUT2D eigenvalue weighted by Crippen LogP contribution is -2.48. The molecule has 1 rings (SSSR count). The number of halogens is 1. The Morgan fingerprint density at radius 2 is 2.21 bits per heavy atom. The summed E-state index contributed by atoms with van der Waals surface area (Å²) in [5.41, 5.74) is -1.47. The van der Waals surface area contributed by atoms with Gasteiger partial charge in [0.1, 0.15) is 4.21 Å². The zero-order valence-electron chi connectivity index (χ0n) is 10.2. The maximum Gasteiger partial charge on any atom is 0.300 e. The minimum atomic E-state index is -3.96. The van der Waals surface area contributed by atoms with E-state index >= 15 is 0 Å². The van der Waals surface area contributed by atoms with Gasteiger partial charge in [-0.2, -0.15) is 0 Å². The molecule has 7 nitrogen and oxygen atoms in total. The van der Waals surface area contributed by atoms with Gasteiger partial charge in [-0.25, -0.2) is 13.1 Å². The minimum absolute atomic E-state index is 0.201. The second-order valence-corrected chi connectivity index (χ2v) is 7.72. The van der Waals surface area contributed by atoms with Crippen molar-refractivity contribution in [3.63, 3.8) is 0 Å². The van der Waals surface area contributed by atoms with Crippen molar-refractivity contribution < 1.29 is 18.4 Å². The first-order valence-corrected chi connectivity index (χ1v) is 7.91. The van der Waals surface area contributed by atoms with Crippen LogP contribution in [-0.4, -0.2) is 30.6 Å². The fraction of sp³-hybridized carbons (Fsp3) is 0.556. The van der Waals surface area contributed by atoms with Gasteiger partial charge < -0.3 is 5.11 Å². The molecular formula is C9H13ClN2O5S2. The van der Waals surface area contributed by atoms with Crippen LogP contribution in [0.2, 0.25) is 4.34 Å². The van der Waals surface area contributed by atoms with Gasteiger partial charge >= 0.3 is 0 Å². The lowest BCUT2D eigenvalue weighted by molar-refractivity contribution is -0.384. The molecule has 2 N–H and O–H groups in total. The Hall–Kier alpha value is -0.740. The van der Waals surface area contributed by atoms with Gasteiger partial charge in [0.25, 0.3) is 15.7 Å². The molecule has 0 amide bonds. The third-order valence-electron chi connectivity index (χ3n) is 2.62. The van der Waals surface area contributed by atoms with Crippen molar-refractivity contribution in [2.24, 2.45) is 0 Å². The summed E-state index contributed by atoms with van der Waals surface area (Å²) < 4.78 is 26.0. The number of aliphatic hydroxyl groups excluding tert-OH is 1. The standard InChI is InChI=1S/C9H13ClN2O5S2/c1-3-9(2,5-13)11-19(16,17)7-4-6(12(14)15)8(10)18-7/h4,11,13H,3,5H2,1-2H3. The van der Waals surface area contributed by atoms with Crippen LogP contribution in [0, 0.1) is 10.1 Å². The number of nitrogens with one attached hydrogen (secondary N) is 1. The van der Waals surface area contributed by atoms with E-state index in [1.807, 2.05) is 0 Å². The van der Waals surface area contributed by atoms with Gasteiger partial charge in [-0.1, -0.05) is 18.5 Å². The molecule has 108 valence electrons. The fourth-order valence-corrected chi connectivity index (χ4v) is 4.32. The van der Waals surface area contributed by atoms with Crippen molar-refractivity contribution in [2.75, 3.05) is 6.61 Å². The molecule has 10 heteroatoms. The summed E-state index contributed by atoms with van der Waals surface area (Å²) in [6.45, 7) is 2.86. The molecule has 0 saturated carbocycles. The van der Waals surface area contributed by atoms with Gasteiger partial charge in [0, 0.05) is 6.07 Å². The molecule has 0 aliphatic rings. The zero-order chi connectivity index (χ0) is 14.8. The Kier molecular flexibility index (Phi) is 4.91. The number of aliphatic hydroxyl groups is 1. The molecule has 1 atom stereocenters. The van der Waals surface area contributed by atoms with Crippen LogP contribution in [0.25, 0.3) is 0 Å². The highest BCUT2D eigenvalue weighted by Crippen LogP contribution is 2.36. The van der Waals surface area contributed by atoms with Crippen LogP contribution in [-0.2, 0) is 10.0 Å². The highest BCUT2D eigenvalue weighted by atomic mass is 35.5. The summed E-state index contributed by atoms with van der Waals surface area (Å²) in [6, 6.07) is 0.906. The summed E-state index contributed by atoms with van der Waals surface area (Å²) in [6.07, 6.45) is 0.365. The average molecular weight is 329 g/mol. The number of nitrogens with zero attached hydrogens (tertiary/aromatic N) is 1. The molecule has 1 heterocycles. The van der Waals surface area contributed by atoms with Crippen molar-refractivity contribution in [1.29, 1.82) is 0 Å². The molecule has 19 heavy (non-hydrogen) atoms. The van der Waals surface area contributed by atoms with Gasteiger partial charge in [-0.05, 0) is 13.3 Å². The van der Waals surface area contributed by atoms with Crippen molar-refractivity contribution in [3.8, 4) is 0 Å².